The number of ether oxygens (including phenoxy) is 1. The molecule has 0 radical (unpaired) electrons. The highest BCUT2D eigenvalue weighted by Gasteiger charge is 2.24. The van der Waals surface area contributed by atoms with Gasteiger partial charge in [0.25, 0.3) is 0 Å². The van der Waals surface area contributed by atoms with E-state index in [-0.39, 0.29) is 24.5 Å². The van der Waals surface area contributed by atoms with Crippen LogP contribution in [0.3, 0.4) is 0 Å². The summed E-state index contributed by atoms with van der Waals surface area (Å²) < 4.78 is 5.39. The molecular formula is C12H23NO3. The summed E-state index contributed by atoms with van der Waals surface area (Å²) in [7, 11) is 0. The summed E-state index contributed by atoms with van der Waals surface area (Å²) in [5.74, 6) is 0.485. The molecule has 1 aliphatic heterocycles. The molecule has 0 saturated carbocycles. The summed E-state index contributed by atoms with van der Waals surface area (Å²) in [6.45, 7) is 6.36. The van der Waals surface area contributed by atoms with Gasteiger partial charge >= 0.3 is 0 Å². The number of hydrogen-bond acceptors (Lipinski definition) is 3. The van der Waals surface area contributed by atoms with Crippen LogP contribution < -0.4 is 0 Å². The second kappa shape index (κ2) is 6.86. The molecule has 4 heteroatoms. The number of carbonyl (C=O) groups excluding carboxylic acids is 1. The second-order valence-electron chi connectivity index (χ2n) is 4.70. The largest absolute Gasteiger partial charge is 0.396 e. The molecule has 1 aliphatic rings. The molecule has 0 aromatic carbocycles. The van der Waals surface area contributed by atoms with E-state index in [1.54, 1.807) is 0 Å². The molecule has 1 heterocycles. The summed E-state index contributed by atoms with van der Waals surface area (Å²) in [5, 5.41) is 8.98. The van der Waals surface area contributed by atoms with E-state index < -0.39 is 0 Å². The predicted octanol–water partition coefficient (Wildman–Crippen LogP) is 1.03. The number of likely N-dealkylation sites (tertiary alicyclic amines) is 1. The van der Waals surface area contributed by atoms with Gasteiger partial charge in [-0.15, -0.1) is 0 Å². The minimum absolute atomic E-state index is 0.195. The first kappa shape index (κ1) is 13.5. The lowest BCUT2D eigenvalue weighted by molar-refractivity contribution is -0.130. The van der Waals surface area contributed by atoms with E-state index in [2.05, 4.69) is 0 Å². The molecular weight excluding hydrogens is 206 g/mol. The van der Waals surface area contributed by atoms with Crippen LogP contribution in [0.4, 0.5) is 0 Å². The monoisotopic (exact) mass is 229 g/mol. The zero-order chi connectivity index (χ0) is 12.0. The number of carbonyl (C=O) groups is 1. The maximum atomic E-state index is 11.7. The molecule has 1 amide bonds. The van der Waals surface area contributed by atoms with Crippen LogP contribution >= 0.6 is 0 Å². The van der Waals surface area contributed by atoms with Gasteiger partial charge < -0.3 is 14.7 Å². The molecule has 0 spiro atoms. The summed E-state index contributed by atoms with van der Waals surface area (Å²) >= 11 is 0. The standard InChI is InChI=1S/C12H23NO3/c1-10(2)16-7-3-4-12(15)13-6-5-11(8-13)9-14/h10-11,14H,3-9H2,1-2H3/t11-/m0/s1. The topological polar surface area (TPSA) is 49.8 Å². The summed E-state index contributed by atoms with van der Waals surface area (Å²) in [6.07, 6.45) is 2.52. The van der Waals surface area contributed by atoms with E-state index in [0.29, 0.717) is 13.0 Å². The Labute approximate surface area is 97.6 Å². The van der Waals surface area contributed by atoms with Gasteiger partial charge in [0.05, 0.1) is 6.10 Å². The predicted molar refractivity (Wildman–Crippen MR) is 62.1 cm³/mol. The molecule has 1 rings (SSSR count). The lowest BCUT2D eigenvalue weighted by Crippen LogP contribution is -2.29. The molecule has 0 unspecified atom stereocenters. The van der Waals surface area contributed by atoms with Crippen molar-refractivity contribution in [3.05, 3.63) is 0 Å². The van der Waals surface area contributed by atoms with E-state index in [1.807, 2.05) is 18.7 Å². The number of hydrogen-bond donors (Lipinski definition) is 1. The Hall–Kier alpha value is -0.610. The maximum Gasteiger partial charge on any atom is 0.222 e. The zero-order valence-electron chi connectivity index (χ0n) is 10.3. The first-order chi connectivity index (χ1) is 7.63. The first-order valence-electron chi connectivity index (χ1n) is 6.13. The van der Waals surface area contributed by atoms with Gasteiger partial charge in [0.1, 0.15) is 0 Å². The van der Waals surface area contributed by atoms with Crippen LogP contribution in [0.2, 0.25) is 0 Å². The van der Waals surface area contributed by atoms with E-state index >= 15 is 0 Å². The molecule has 4 nitrogen and oxygen atoms in total. The minimum Gasteiger partial charge on any atom is -0.396 e. The fraction of sp³-hybridized carbons (Fsp3) is 0.917. The SMILES string of the molecule is CC(C)OCCCC(=O)N1CC[C@H](CO)C1. The van der Waals surface area contributed by atoms with Crippen molar-refractivity contribution >= 4 is 5.91 Å². The Morgan fingerprint density at radius 3 is 2.88 bits per heavy atom. The summed E-state index contributed by atoms with van der Waals surface area (Å²) in [6, 6.07) is 0. The summed E-state index contributed by atoms with van der Waals surface area (Å²) in [5.41, 5.74) is 0. The maximum absolute atomic E-state index is 11.7. The third-order valence-electron chi connectivity index (χ3n) is 2.88. The fourth-order valence-electron chi connectivity index (χ4n) is 1.91. The van der Waals surface area contributed by atoms with Crippen molar-refractivity contribution in [3.63, 3.8) is 0 Å². The van der Waals surface area contributed by atoms with Crippen molar-refractivity contribution < 1.29 is 14.6 Å². The van der Waals surface area contributed by atoms with Gasteiger partial charge in [0, 0.05) is 38.6 Å². The normalized spacial score (nSPS) is 20.8. The number of rotatable bonds is 6. The molecule has 16 heavy (non-hydrogen) atoms. The average Bonchev–Trinajstić information content (AvgIpc) is 2.72. The van der Waals surface area contributed by atoms with Crippen LogP contribution in [0.5, 0.6) is 0 Å². The van der Waals surface area contributed by atoms with E-state index in [1.165, 1.54) is 0 Å². The molecule has 0 aliphatic carbocycles. The quantitative estimate of drug-likeness (QED) is 0.692. The van der Waals surface area contributed by atoms with Gasteiger partial charge in [-0.2, -0.15) is 0 Å². The van der Waals surface area contributed by atoms with Crippen molar-refractivity contribution in [2.24, 2.45) is 5.92 Å². The van der Waals surface area contributed by atoms with Crippen LogP contribution in [0.25, 0.3) is 0 Å². The van der Waals surface area contributed by atoms with Crippen LogP contribution in [0.1, 0.15) is 33.1 Å². The van der Waals surface area contributed by atoms with Gasteiger partial charge in [-0.25, -0.2) is 0 Å². The highest BCUT2D eigenvalue weighted by Crippen LogP contribution is 2.16. The van der Waals surface area contributed by atoms with Crippen molar-refractivity contribution in [2.45, 2.75) is 39.2 Å². The molecule has 0 bridgehead atoms. The highest BCUT2D eigenvalue weighted by atomic mass is 16.5. The van der Waals surface area contributed by atoms with E-state index in [9.17, 15) is 4.79 Å². The Bertz CT molecular complexity index is 218. The number of amides is 1. The van der Waals surface area contributed by atoms with Crippen molar-refractivity contribution in [3.8, 4) is 0 Å². The van der Waals surface area contributed by atoms with Gasteiger partial charge in [0.2, 0.25) is 5.91 Å². The molecule has 1 saturated heterocycles. The Morgan fingerprint density at radius 2 is 2.31 bits per heavy atom. The Balaban J connectivity index is 2.11. The number of nitrogens with zero attached hydrogens (tertiary/aromatic N) is 1. The Morgan fingerprint density at radius 1 is 1.56 bits per heavy atom. The van der Waals surface area contributed by atoms with Gasteiger partial charge in [-0.05, 0) is 26.7 Å². The molecule has 0 aromatic rings. The van der Waals surface area contributed by atoms with E-state index in [4.69, 9.17) is 9.84 Å². The Kier molecular flexibility index (Phi) is 5.77. The lowest BCUT2D eigenvalue weighted by Gasteiger charge is -2.16. The van der Waals surface area contributed by atoms with Gasteiger partial charge in [-0.1, -0.05) is 0 Å². The highest BCUT2D eigenvalue weighted by molar-refractivity contribution is 5.76. The van der Waals surface area contributed by atoms with Gasteiger partial charge in [0.15, 0.2) is 0 Å². The van der Waals surface area contributed by atoms with Crippen molar-refractivity contribution in [1.82, 2.24) is 4.90 Å². The van der Waals surface area contributed by atoms with Crippen molar-refractivity contribution in [2.75, 3.05) is 26.3 Å². The smallest absolute Gasteiger partial charge is 0.222 e. The van der Waals surface area contributed by atoms with E-state index in [0.717, 1.165) is 25.9 Å². The number of aliphatic hydroxyl groups is 1. The fourth-order valence-corrected chi connectivity index (χ4v) is 1.91. The third-order valence-corrected chi connectivity index (χ3v) is 2.88. The second-order valence-corrected chi connectivity index (χ2v) is 4.70. The van der Waals surface area contributed by atoms with Crippen molar-refractivity contribution in [1.29, 1.82) is 0 Å². The van der Waals surface area contributed by atoms with Gasteiger partial charge in [-0.3, -0.25) is 4.79 Å². The number of aliphatic hydroxyl groups excluding tert-OH is 1. The third kappa shape index (κ3) is 4.49. The average molecular weight is 229 g/mol. The molecule has 1 atom stereocenters. The molecule has 1 N–H and O–H groups in total. The van der Waals surface area contributed by atoms with Crippen LogP contribution in [-0.2, 0) is 9.53 Å². The molecule has 1 fully saturated rings. The zero-order valence-corrected chi connectivity index (χ0v) is 10.3. The minimum atomic E-state index is 0.195. The van der Waals surface area contributed by atoms with Crippen LogP contribution in [0.15, 0.2) is 0 Å². The summed E-state index contributed by atoms with van der Waals surface area (Å²) in [4.78, 5) is 13.6. The lowest BCUT2D eigenvalue weighted by atomic mass is 10.1. The van der Waals surface area contributed by atoms with Crippen LogP contribution in [-0.4, -0.2) is 48.3 Å². The first-order valence-corrected chi connectivity index (χ1v) is 6.13. The van der Waals surface area contributed by atoms with Crippen LogP contribution in [0, 0.1) is 5.92 Å². The molecule has 0 aromatic heterocycles. The molecule has 94 valence electrons.